The van der Waals surface area contributed by atoms with E-state index in [9.17, 15) is 28.6 Å². The fourth-order valence-corrected chi connectivity index (χ4v) is 4.10. The smallest absolute Gasteiger partial charge is 0.309 e. The third-order valence-electron chi connectivity index (χ3n) is 3.02. The lowest BCUT2D eigenvalue weighted by atomic mass is 10.1. The maximum atomic E-state index is 12.1. The summed E-state index contributed by atoms with van der Waals surface area (Å²) in [7, 11) is -3.19. The summed E-state index contributed by atoms with van der Waals surface area (Å²) in [5.41, 5.74) is 0. The molecule has 0 aromatic heterocycles. The van der Waals surface area contributed by atoms with Crippen molar-refractivity contribution in [2.24, 2.45) is 11.8 Å². The number of hydrogen-bond acceptors (Lipinski definition) is 6. The van der Waals surface area contributed by atoms with Gasteiger partial charge in [-0.05, 0) is 6.42 Å². The molecule has 3 unspecified atom stereocenters. The first-order valence-corrected chi connectivity index (χ1v) is 8.56. The second-order valence-corrected chi connectivity index (χ2v) is 7.42. The summed E-state index contributed by atoms with van der Waals surface area (Å²) in [6, 6.07) is 0. The van der Waals surface area contributed by atoms with Gasteiger partial charge in [-0.15, -0.1) is 0 Å². The molecule has 0 aliphatic carbocycles. The molecule has 0 radical (unpaired) electrons. The summed E-state index contributed by atoms with van der Waals surface area (Å²) < 4.78 is 16.5. The zero-order valence-electron chi connectivity index (χ0n) is 12.4. The highest BCUT2D eigenvalue weighted by molar-refractivity contribution is 7.58. The Morgan fingerprint density at radius 3 is 1.91 bits per heavy atom. The number of methoxy groups -OCH3 is 1. The van der Waals surface area contributed by atoms with Gasteiger partial charge in [0, 0.05) is 18.7 Å². The number of carboxylic acid groups (broad SMARTS) is 3. The highest BCUT2D eigenvalue weighted by Gasteiger charge is 2.35. The molecule has 0 aliphatic heterocycles. The van der Waals surface area contributed by atoms with Crippen molar-refractivity contribution in [2.45, 2.75) is 19.3 Å². The monoisotopic (exact) mass is 354 g/mol. The predicted molar refractivity (Wildman–Crippen MR) is 75.3 cm³/mol. The quantitative estimate of drug-likeness (QED) is 0.294. The normalized spacial score (nSPS) is 15.9. The van der Waals surface area contributed by atoms with Gasteiger partial charge in [0.2, 0.25) is 7.37 Å². The number of carbonyl (C=O) groups excluding carboxylic acids is 1. The van der Waals surface area contributed by atoms with Gasteiger partial charge in [-0.3, -0.25) is 23.7 Å². The molecule has 0 aromatic carbocycles. The molecule has 0 aromatic rings. The molecular weight excluding hydrogens is 335 g/mol. The van der Waals surface area contributed by atoms with Crippen LogP contribution in [0, 0.1) is 11.8 Å². The Morgan fingerprint density at radius 1 is 1.00 bits per heavy atom. The minimum atomic E-state index is -4.18. The largest absolute Gasteiger partial charge is 0.481 e. The third-order valence-corrected chi connectivity index (χ3v) is 5.05. The molecule has 23 heavy (non-hydrogen) atoms. The van der Waals surface area contributed by atoms with E-state index in [0.717, 1.165) is 7.11 Å². The maximum Gasteiger partial charge on any atom is 0.309 e. The molecule has 0 heterocycles. The van der Waals surface area contributed by atoms with Gasteiger partial charge < -0.3 is 24.9 Å². The lowest BCUT2D eigenvalue weighted by Gasteiger charge is -2.20. The van der Waals surface area contributed by atoms with E-state index in [1.165, 1.54) is 0 Å². The molecule has 0 spiro atoms. The molecule has 0 fully saturated rings. The molecule has 0 rings (SSSR count). The van der Waals surface area contributed by atoms with Crippen LogP contribution in [0.2, 0.25) is 0 Å². The minimum Gasteiger partial charge on any atom is -0.481 e. The Kier molecular flexibility index (Phi) is 8.49. The van der Waals surface area contributed by atoms with Crippen LogP contribution >= 0.6 is 7.37 Å². The van der Waals surface area contributed by atoms with Crippen molar-refractivity contribution < 1.29 is 48.7 Å². The summed E-state index contributed by atoms with van der Waals surface area (Å²) in [6.45, 7) is 0. The van der Waals surface area contributed by atoms with Gasteiger partial charge in [0.1, 0.15) is 0 Å². The Balaban J connectivity index is 5.00. The van der Waals surface area contributed by atoms with E-state index in [-0.39, 0.29) is 6.42 Å². The van der Waals surface area contributed by atoms with Crippen LogP contribution in [0.4, 0.5) is 0 Å². The second kappa shape index (κ2) is 9.26. The molecule has 10 nitrogen and oxygen atoms in total. The number of aliphatic carboxylic acids is 3. The summed E-state index contributed by atoms with van der Waals surface area (Å²) in [6.07, 6.45) is -3.07. The van der Waals surface area contributed by atoms with Gasteiger partial charge in [0.15, 0.2) is 0 Å². The van der Waals surface area contributed by atoms with Gasteiger partial charge in [-0.2, -0.15) is 0 Å². The predicted octanol–water partition coefficient (Wildman–Crippen LogP) is 0.0863. The maximum absolute atomic E-state index is 12.1. The topological polar surface area (TPSA) is 176 Å². The molecule has 132 valence electrons. The van der Waals surface area contributed by atoms with Crippen LogP contribution in [0.15, 0.2) is 0 Å². The van der Waals surface area contributed by atoms with Crippen LogP contribution in [-0.4, -0.2) is 63.5 Å². The Morgan fingerprint density at radius 2 is 1.52 bits per heavy atom. The Labute approximate surface area is 131 Å². The number of ether oxygens (including phenoxy) is 1. The molecule has 4 N–H and O–H groups in total. The van der Waals surface area contributed by atoms with E-state index in [1.54, 1.807) is 0 Å². The average Bonchev–Trinajstić information content (AvgIpc) is 2.40. The van der Waals surface area contributed by atoms with E-state index in [4.69, 9.17) is 15.3 Å². The van der Waals surface area contributed by atoms with Crippen molar-refractivity contribution in [1.29, 1.82) is 0 Å². The van der Waals surface area contributed by atoms with Crippen molar-refractivity contribution in [3.05, 3.63) is 0 Å². The summed E-state index contributed by atoms with van der Waals surface area (Å²) in [5, 5.41) is 26.2. The van der Waals surface area contributed by atoms with Crippen molar-refractivity contribution in [2.75, 3.05) is 19.4 Å². The summed E-state index contributed by atoms with van der Waals surface area (Å²) >= 11 is 0. The first-order valence-electron chi connectivity index (χ1n) is 6.53. The van der Waals surface area contributed by atoms with Crippen molar-refractivity contribution in [3.63, 3.8) is 0 Å². The highest BCUT2D eigenvalue weighted by Crippen LogP contribution is 2.46. The number of esters is 1. The molecule has 0 aliphatic rings. The van der Waals surface area contributed by atoms with Gasteiger partial charge >= 0.3 is 23.9 Å². The first-order chi connectivity index (χ1) is 10.5. The molecule has 0 saturated carbocycles. The molecule has 0 saturated heterocycles. The van der Waals surface area contributed by atoms with Gasteiger partial charge in [0.05, 0.1) is 25.4 Å². The van der Waals surface area contributed by atoms with E-state index >= 15 is 0 Å². The average molecular weight is 354 g/mol. The summed E-state index contributed by atoms with van der Waals surface area (Å²) in [4.78, 5) is 53.5. The number of carboxylic acids is 3. The third kappa shape index (κ3) is 8.94. The molecular formula is C12H19O10P. The van der Waals surface area contributed by atoms with Gasteiger partial charge in [-0.1, -0.05) is 0 Å². The van der Waals surface area contributed by atoms with E-state index in [1.807, 2.05) is 0 Å². The zero-order valence-corrected chi connectivity index (χ0v) is 13.3. The second-order valence-electron chi connectivity index (χ2n) is 5.00. The Bertz CT molecular complexity index is 514. The van der Waals surface area contributed by atoms with Crippen molar-refractivity contribution >= 4 is 31.2 Å². The molecule has 0 amide bonds. The highest BCUT2D eigenvalue weighted by atomic mass is 31.2. The van der Waals surface area contributed by atoms with Crippen LogP contribution in [0.3, 0.4) is 0 Å². The molecule has 0 bridgehead atoms. The lowest BCUT2D eigenvalue weighted by Crippen LogP contribution is -2.26. The summed E-state index contributed by atoms with van der Waals surface area (Å²) in [5.74, 6) is -7.82. The number of rotatable bonds is 11. The first kappa shape index (κ1) is 21.1. The van der Waals surface area contributed by atoms with Crippen LogP contribution in [0.5, 0.6) is 0 Å². The number of carbonyl (C=O) groups is 4. The zero-order chi connectivity index (χ0) is 18.2. The van der Waals surface area contributed by atoms with E-state index in [2.05, 4.69) is 4.74 Å². The fraction of sp³-hybridized carbons (Fsp3) is 0.667. The lowest BCUT2D eigenvalue weighted by molar-refractivity contribution is -0.149. The SMILES string of the molecule is COC(=O)C(CC(=O)O)CP(=O)(O)CC(CCC(=O)O)C(=O)O. The van der Waals surface area contributed by atoms with E-state index < -0.39 is 68.2 Å². The van der Waals surface area contributed by atoms with Crippen LogP contribution in [-0.2, 0) is 28.5 Å². The van der Waals surface area contributed by atoms with Gasteiger partial charge in [0.25, 0.3) is 0 Å². The number of hydrogen-bond donors (Lipinski definition) is 4. The molecule has 11 heteroatoms. The van der Waals surface area contributed by atoms with Crippen molar-refractivity contribution in [3.8, 4) is 0 Å². The molecule has 3 atom stereocenters. The minimum absolute atomic E-state index is 0.350. The van der Waals surface area contributed by atoms with E-state index in [0.29, 0.717) is 0 Å². The van der Waals surface area contributed by atoms with Crippen LogP contribution in [0.25, 0.3) is 0 Å². The standard InChI is InChI=1S/C12H19O10P/c1-22-12(19)8(4-10(15)16)6-23(20,21)5-7(11(17)18)2-3-9(13)14/h7-8H,2-6H2,1H3,(H,13,14)(H,15,16)(H,17,18)(H,20,21). The van der Waals surface area contributed by atoms with Crippen molar-refractivity contribution in [1.82, 2.24) is 0 Å². The van der Waals surface area contributed by atoms with Gasteiger partial charge in [-0.25, -0.2) is 0 Å². The van der Waals surface area contributed by atoms with Crippen LogP contribution in [0.1, 0.15) is 19.3 Å². The Hall–Kier alpha value is -1.93. The fourth-order valence-electron chi connectivity index (χ4n) is 1.95. The van der Waals surface area contributed by atoms with Crippen LogP contribution < -0.4 is 0 Å².